The van der Waals surface area contributed by atoms with Gasteiger partial charge in [0.1, 0.15) is 11.9 Å². The highest BCUT2D eigenvalue weighted by Gasteiger charge is 2.50. The Morgan fingerprint density at radius 1 is 1.05 bits per heavy atom. The molecular weight excluding hydrogens is 633 g/mol. The van der Waals surface area contributed by atoms with E-state index in [0.29, 0.717) is 54.1 Å². The van der Waals surface area contributed by atoms with Gasteiger partial charge >= 0.3 is 6.09 Å². The van der Waals surface area contributed by atoms with Gasteiger partial charge in [0.15, 0.2) is 15.6 Å². The number of Topliss-reactive ketones (excluding diaryl/α,β-unsaturated/α-hetero) is 1. The molecule has 0 spiro atoms. The Morgan fingerprint density at radius 3 is 2.51 bits per heavy atom. The zero-order valence-corrected chi connectivity index (χ0v) is 27.1. The van der Waals surface area contributed by atoms with Gasteiger partial charge in [-0.25, -0.2) is 17.6 Å². The van der Waals surface area contributed by atoms with Gasteiger partial charge in [0, 0.05) is 29.3 Å². The highest BCUT2D eigenvalue weighted by atomic mass is 79.9. The van der Waals surface area contributed by atoms with Crippen molar-refractivity contribution in [2.45, 2.75) is 83.2 Å². The molecule has 6 rings (SSSR count). The Morgan fingerprint density at radius 2 is 1.79 bits per heavy atom. The van der Waals surface area contributed by atoms with Crippen molar-refractivity contribution < 1.29 is 27.1 Å². The number of halogens is 2. The lowest BCUT2D eigenvalue weighted by Crippen LogP contribution is -2.46. The molecule has 2 aliphatic heterocycles. The molecule has 0 radical (unpaired) electrons. The first-order valence-corrected chi connectivity index (χ1v) is 17.6. The van der Waals surface area contributed by atoms with Gasteiger partial charge in [-0.1, -0.05) is 63.6 Å². The number of hydrogen-bond acceptors (Lipinski definition) is 5. The molecule has 43 heavy (non-hydrogen) atoms. The Balaban J connectivity index is 1.43. The SMILES string of the molecule is C[C@@H]1CC[C@@H](C(C)(C)c2ccccc2)[C@H](OC(=O)N2C3=C(C(=O)CC3)[C@@H](c3ccc(F)c(Br)c3)C3=C2CCCS3(=O)=O)C1. The number of ketones is 1. The lowest BCUT2D eigenvalue weighted by atomic mass is 9.64. The van der Waals surface area contributed by atoms with Crippen LogP contribution >= 0.6 is 15.9 Å². The summed E-state index contributed by atoms with van der Waals surface area (Å²) in [6.45, 7) is 6.56. The minimum Gasteiger partial charge on any atom is -0.445 e. The smallest absolute Gasteiger partial charge is 0.418 e. The molecule has 2 aliphatic carbocycles. The quantitative estimate of drug-likeness (QED) is 0.330. The summed E-state index contributed by atoms with van der Waals surface area (Å²) in [5, 5.41) is 0. The summed E-state index contributed by atoms with van der Waals surface area (Å²) >= 11 is 3.22. The molecule has 4 atom stereocenters. The van der Waals surface area contributed by atoms with Crippen LogP contribution in [0.5, 0.6) is 0 Å². The second-order valence-electron chi connectivity index (χ2n) is 13.0. The van der Waals surface area contributed by atoms with Gasteiger partial charge in [0.05, 0.1) is 21.0 Å². The molecule has 2 heterocycles. The summed E-state index contributed by atoms with van der Waals surface area (Å²) in [5.41, 5.74) is 2.63. The number of carbonyl (C=O) groups is 2. The number of hydrogen-bond donors (Lipinski definition) is 0. The number of benzene rings is 2. The molecule has 6 nitrogen and oxygen atoms in total. The van der Waals surface area contributed by atoms with Gasteiger partial charge in [0.25, 0.3) is 0 Å². The molecule has 0 N–H and O–H groups in total. The number of ether oxygens (including phenoxy) is 1. The van der Waals surface area contributed by atoms with Crippen molar-refractivity contribution in [3.63, 3.8) is 0 Å². The number of sulfone groups is 1. The topological polar surface area (TPSA) is 80.8 Å². The standard InChI is InChI=1S/C34H37BrFNO5S/c1-20-11-13-23(34(2,3)22-8-5-4-6-9-22)29(18-20)42-33(39)37-26-15-16-28(38)31(26)30(21-12-14-25(36)24(35)19-21)32-27(37)10-7-17-43(32,40)41/h4-6,8-9,12,14,19-20,23,29-30H,7,10-11,13,15-18H2,1-3H3/t20-,23-,29-,30-/m1/s1. The van der Waals surface area contributed by atoms with Crippen molar-refractivity contribution in [1.29, 1.82) is 0 Å². The monoisotopic (exact) mass is 669 g/mol. The van der Waals surface area contributed by atoms with Crippen LogP contribution in [0, 0.1) is 17.7 Å². The Kier molecular flexibility index (Phi) is 7.95. The van der Waals surface area contributed by atoms with Crippen LogP contribution in [-0.2, 0) is 24.8 Å². The molecule has 0 saturated heterocycles. The molecule has 1 amide bonds. The number of allylic oxidation sites excluding steroid dienone is 4. The van der Waals surface area contributed by atoms with Crippen LogP contribution in [0.1, 0.15) is 82.8 Å². The molecule has 0 bridgehead atoms. The third kappa shape index (κ3) is 5.30. The van der Waals surface area contributed by atoms with E-state index in [1.807, 2.05) is 18.2 Å². The molecule has 0 aromatic heterocycles. The van der Waals surface area contributed by atoms with Crippen LogP contribution in [-0.4, -0.2) is 37.1 Å². The molecule has 4 aliphatic rings. The molecule has 1 saturated carbocycles. The summed E-state index contributed by atoms with van der Waals surface area (Å²) in [4.78, 5) is 29.2. The molecule has 9 heteroatoms. The maximum atomic E-state index is 14.3. The first-order valence-electron chi connectivity index (χ1n) is 15.1. The minimum absolute atomic E-state index is 0.0614. The van der Waals surface area contributed by atoms with Crippen LogP contribution in [0.15, 0.2) is 74.9 Å². The summed E-state index contributed by atoms with van der Waals surface area (Å²) < 4.78 is 48.3. The van der Waals surface area contributed by atoms with E-state index in [9.17, 15) is 22.4 Å². The van der Waals surface area contributed by atoms with Crippen LogP contribution in [0.25, 0.3) is 0 Å². The van der Waals surface area contributed by atoms with Gasteiger partial charge in [-0.2, -0.15) is 0 Å². The van der Waals surface area contributed by atoms with Crippen LogP contribution < -0.4 is 0 Å². The average Bonchev–Trinajstić information content (AvgIpc) is 3.34. The van der Waals surface area contributed by atoms with E-state index in [2.05, 4.69) is 48.8 Å². The molecule has 0 unspecified atom stereocenters. The highest BCUT2D eigenvalue weighted by molar-refractivity contribution is 9.10. The van der Waals surface area contributed by atoms with E-state index in [4.69, 9.17) is 4.74 Å². The number of rotatable bonds is 4. The van der Waals surface area contributed by atoms with Gasteiger partial charge in [-0.15, -0.1) is 0 Å². The Bertz CT molecular complexity index is 1650. The van der Waals surface area contributed by atoms with Gasteiger partial charge < -0.3 is 4.74 Å². The van der Waals surface area contributed by atoms with Crippen molar-refractivity contribution in [2.24, 2.45) is 11.8 Å². The van der Waals surface area contributed by atoms with E-state index in [1.54, 1.807) is 6.07 Å². The zero-order chi connectivity index (χ0) is 30.7. The fourth-order valence-corrected chi connectivity index (χ4v) is 10.0. The lowest BCUT2D eigenvalue weighted by Gasteiger charge is -2.45. The van der Waals surface area contributed by atoms with E-state index >= 15 is 0 Å². The number of nitrogens with zero attached hydrogens (tertiary/aromatic N) is 1. The predicted molar refractivity (Wildman–Crippen MR) is 166 cm³/mol. The van der Waals surface area contributed by atoms with Crippen molar-refractivity contribution in [3.8, 4) is 0 Å². The summed E-state index contributed by atoms with van der Waals surface area (Å²) in [6.07, 6.45) is 2.89. The van der Waals surface area contributed by atoms with Crippen molar-refractivity contribution in [1.82, 2.24) is 4.90 Å². The van der Waals surface area contributed by atoms with Gasteiger partial charge in [0.2, 0.25) is 0 Å². The van der Waals surface area contributed by atoms with Gasteiger partial charge in [-0.05, 0) is 82.6 Å². The normalized spacial score (nSPS) is 27.2. The highest BCUT2D eigenvalue weighted by Crippen LogP contribution is 2.52. The lowest BCUT2D eigenvalue weighted by molar-refractivity contribution is -0.115. The van der Waals surface area contributed by atoms with Crippen LogP contribution in [0.3, 0.4) is 0 Å². The fraction of sp³-hybridized carbons (Fsp3) is 0.471. The van der Waals surface area contributed by atoms with E-state index in [1.165, 1.54) is 22.6 Å². The first-order chi connectivity index (χ1) is 20.4. The largest absolute Gasteiger partial charge is 0.445 e. The summed E-state index contributed by atoms with van der Waals surface area (Å²) in [7, 11) is -3.81. The van der Waals surface area contributed by atoms with Crippen molar-refractivity contribution in [2.75, 3.05) is 5.75 Å². The Hall–Kier alpha value is -2.78. The summed E-state index contributed by atoms with van der Waals surface area (Å²) in [6, 6.07) is 14.6. The summed E-state index contributed by atoms with van der Waals surface area (Å²) in [5.74, 6) is -1.20. The van der Waals surface area contributed by atoms with Crippen LogP contribution in [0.4, 0.5) is 9.18 Å². The molecule has 2 aromatic rings. The molecular formula is C34H37BrFNO5S. The average molecular weight is 671 g/mol. The molecule has 2 aromatic carbocycles. The van der Waals surface area contributed by atoms with Crippen molar-refractivity contribution >= 4 is 37.6 Å². The maximum Gasteiger partial charge on any atom is 0.418 e. The first kappa shape index (κ1) is 30.3. The van der Waals surface area contributed by atoms with Crippen LogP contribution in [0.2, 0.25) is 0 Å². The minimum atomic E-state index is -3.81. The van der Waals surface area contributed by atoms with E-state index in [-0.39, 0.29) is 44.8 Å². The fourth-order valence-electron chi connectivity index (χ4n) is 7.71. The molecule has 1 fully saturated rings. The number of amides is 1. The second-order valence-corrected chi connectivity index (χ2v) is 15.9. The second kappa shape index (κ2) is 11.3. The van der Waals surface area contributed by atoms with Crippen molar-refractivity contribution in [3.05, 3.63) is 91.8 Å². The predicted octanol–water partition coefficient (Wildman–Crippen LogP) is 7.94. The van der Waals surface area contributed by atoms with E-state index in [0.717, 1.165) is 12.8 Å². The number of carbonyl (C=O) groups excluding carboxylic acids is 2. The maximum absolute atomic E-state index is 14.3. The third-order valence-corrected chi connectivity index (χ3v) is 12.5. The van der Waals surface area contributed by atoms with Gasteiger partial charge in [-0.3, -0.25) is 9.69 Å². The third-order valence-electron chi connectivity index (χ3n) is 9.95. The van der Waals surface area contributed by atoms with E-state index < -0.39 is 27.7 Å². The Labute approximate surface area is 261 Å². The molecule has 228 valence electrons. The zero-order valence-electron chi connectivity index (χ0n) is 24.7.